The molecule has 0 bridgehead atoms. The van der Waals surface area contributed by atoms with Crippen LogP contribution in [0.1, 0.15) is 38.5 Å². The van der Waals surface area contributed by atoms with E-state index in [1.807, 2.05) is 7.11 Å². The van der Waals surface area contributed by atoms with Gasteiger partial charge in [0.15, 0.2) is 0 Å². The lowest BCUT2D eigenvalue weighted by molar-refractivity contribution is 0.0371. The number of methoxy groups -OCH3 is 1. The summed E-state index contributed by atoms with van der Waals surface area (Å²) in [5, 5.41) is 0. The third-order valence-corrected chi connectivity index (χ3v) is 3.22. The molecular weight excluding hydrogens is 136 g/mol. The van der Waals surface area contributed by atoms with Crippen LogP contribution in [0.15, 0.2) is 0 Å². The zero-order valence-corrected chi connectivity index (χ0v) is 7.38. The van der Waals surface area contributed by atoms with Gasteiger partial charge in [-0.05, 0) is 37.5 Å². The number of ether oxygens (including phenoxy) is 1. The molecule has 0 amide bonds. The van der Waals surface area contributed by atoms with E-state index in [9.17, 15) is 0 Å². The van der Waals surface area contributed by atoms with Crippen LogP contribution in [0.5, 0.6) is 0 Å². The van der Waals surface area contributed by atoms with Gasteiger partial charge in [-0.2, -0.15) is 0 Å². The maximum Gasteiger partial charge on any atom is 0.0627 e. The van der Waals surface area contributed by atoms with Gasteiger partial charge in [0.2, 0.25) is 0 Å². The molecular formula is C10H18O. The van der Waals surface area contributed by atoms with Gasteiger partial charge in [-0.25, -0.2) is 0 Å². The minimum Gasteiger partial charge on any atom is -0.381 e. The predicted octanol–water partition coefficient (Wildman–Crippen LogP) is 2.60. The van der Waals surface area contributed by atoms with Crippen molar-refractivity contribution < 1.29 is 4.74 Å². The van der Waals surface area contributed by atoms with Crippen LogP contribution in [0.2, 0.25) is 0 Å². The highest BCUT2D eigenvalue weighted by Crippen LogP contribution is 2.42. The van der Waals surface area contributed by atoms with Gasteiger partial charge in [0.25, 0.3) is 0 Å². The molecule has 1 unspecified atom stereocenters. The summed E-state index contributed by atoms with van der Waals surface area (Å²) in [5.41, 5.74) is 0. The van der Waals surface area contributed by atoms with E-state index >= 15 is 0 Å². The second-order valence-corrected chi connectivity index (χ2v) is 4.08. The molecule has 11 heavy (non-hydrogen) atoms. The molecule has 1 nitrogen and oxygen atoms in total. The van der Waals surface area contributed by atoms with Crippen molar-refractivity contribution in [3.63, 3.8) is 0 Å². The van der Waals surface area contributed by atoms with Crippen molar-refractivity contribution in [2.75, 3.05) is 7.11 Å². The number of hydrogen-bond donors (Lipinski definition) is 0. The molecule has 0 N–H and O–H groups in total. The van der Waals surface area contributed by atoms with Gasteiger partial charge in [0.1, 0.15) is 0 Å². The normalized spacial score (nSPS) is 29.2. The fraction of sp³-hybridized carbons (Fsp3) is 1.00. The molecule has 0 aromatic heterocycles. The van der Waals surface area contributed by atoms with Crippen molar-refractivity contribution in [3.05, 3.63) is 0 Å². The minimum atomic E-state index is 0.623. The maximum absolute atomic E-state index is 5.56. The Bertz CT molecular complexity index is 123. The van der Waals surface area contributed by atoms with E-state index < -0.39 is 0 Å². The van der Waals surface area contributed by atoms with E-state index in [-0.39, 0.29) is 0 Å². The highest BCUT2D eigenvalue weighted by molar-refractivity contribution is 4.88. The molecule has 0 aliphatic heterocycles. The molecule has 2 aliphatic rings. The van der Waals surface area contributed by atoms with E-state index in [0.717, 1.165) is 11.8 Å². The molecule has 0 heterocycles. The summed E-state index contributed by atoms with van der Waals surface area (Å²) in [6.45, 7) is 0. The smallest absolute Gasteiger partial charge is 0.0627 e. The van der Waals surface area contributed by atoms with E-state index in [1.54, 1.807) is 0 Å². The molecule has 2 aliphatic carbocycles. The van der Waals surface area contributed by atoms with Gasteiger partial charge in [-0.1, -0.05) is 12.8 Å². The Labute approximate surface area is 69.1 Å². The lowest BCUT2D eigenvalue weighted by Crippen LogP contribution is -2.22. The standard InChI is InChI=1S/C10H18O/c1-11-10(9-6-7-9)8-4-2-3-5-8/h8-10H,2-7H2,1H3. The van der Waals surface area contributed by atoms with Crippen molar-refractivity contribution in [2.24, 2.45) is 11.8 Å². The minimum absolute atomic E-state index is 0.623. The average molecular weight is 154 g/mol. The zero-order chi connectivity index (χ0) is 7.68. The lowest BCUT2D eigenvalue weighted by Gasteiger charge is -2.21. The van der Waals surface area contributed by atoms with Crippen LogP contribution in [0.4, 0.5) is 0 Å². The van der Waals surface area contributed by atoms with Crippen LogP contribution < -0.4 is 0 Å². The van der Waals surface area contributed by atoms with Gasteiger partial charge < -0.3 is 4.74 Å². The molecule has 2 saturated carbocycles. The Morgan fingerprint density at radius 3 is 2.00 bits per heavy atom. The number of rotatable bonds is 3. The first-order valence-corrected chi connectivity index (χ1v) is 4.94. The van der Waals surface area contributed by atoms with Gasteiger partial charge in [0.05, 0.1) is 6.10 Å². The summed E-state index contributed by atoms with van der Waals surface area (Å²) < 4.78 is 5.56. The summed E-state index contributed by atoms with van der Waals surface area (Å²) >= 11 is 0. The fourth-order valence-corrected chi connectivity index (χ4v) is 2.48. The molecule has 1 atom stereocenters. The second kappa shape index (κ2) is 3.14. The van der Waals surface area contributed by atoms with Gasteiger partial charge in [0, 0.05) is 7.11 Å². The second-order valence-electron chi connectivity index (χ2n) is 4.08. The quantitative estimate of drug-likeness (QED) is 0.607. The average Bonchev–Trinajstić information content (AvgIpc) is 2.68. The van der Waals surface area contributed by atoms with Crippen LogP contribution in [0, 0.1) is 11.8 Å². The van der Waals surface area contributed by atoms with Gasteiger partial charge in [-0.15, -0.1) is 0 Å². The molecule has 64 valence electrons. The largest absolute Gasteiger partial charge is 0.381 e. The van der Waals surface area contributed by atoms with E-state index in [1.165, 1.54) is 38.5 Å². The van der Waals surface area contributed by atoms with Crippen LogP contribution in [0.25, 0.3) is 0 Å². The molecule has 0 radical (unpaired) electrons. The van der Waals surface area contributed by atoms with Crippen molar-refractivity contribution in [1.82, 2.24) is 0 Å². The van der Waals surface area contributed by atoms with Crippen molar-refractivity contribution in [2.45, 2.75) is 44.6 Å². The summed E-state index contributed by atoms with van der Waals surface area (Å²) in [4.78, 5) is 0. The topological polar surface area (TPSA) is 9.23 Å². The Morgan fingerprint density at radius 2 is 1.55 bits per heavy atom. The van der Waals surface area contributed by atoms with Crippen molar-refractivity contribution in [1.29, 1.82) is 0 Å². The monoisotopic (exact) mass is 154 g/mol. The molecule has 0 spiro atoms. The Hall–Kier alpha value is -0.0400. The summed E-state index contributed by atoms with van der Waals surface area (Å²) in [6, 6.07) is 0. The molecule has 2 rings (SSSR count). The Kier molecular flexibility index (Phi) is 2.17. The van der Waals surface area contributed by atoms with Gasteiger partial charge in [-0.3, -0.25) is 0 Å². The highest BCUT2D eigenvalue weighted by atomic mass is 16.5. The van der Waals surface area contributed by atoms with Crippen molar-refractivity contribution >= 4 is 0 Å². The Morgan fingerprint density at radius 1 is 1.00 bits per heavy atom. The maximum atomic E-state index is 5.56. The van der Waals surface area contributed by atoms with E-state index in [0.29, 0.717) is 6.10 Å². The number of hydrogen-bond acceptors (Lipinski definition) is 1. The molecule has 0 aromatic rings. The predicted molar refractivity (Wildman–Crippen MR) is 45.5 cm³/mol. The summed E-state index contributed by atoms with van der Waals surface area (Å²) in [6.07, 6.45) is 9.21. The molecule has 1 heteroatoms. The SMILES string of the molecule is COC(C1CCCC1)C1CC1. The first-order chi connectivity index (χ1) is 5.42. The summed E-state index contributed by atoms with van der Waals surface area (Å²) in [5.74, 6) is 1.84. The summed E-state index contributed by atoms with van der Waals surface area (Å²) in [7, 11) is 1.89. The molecule has 0 saturated heterocycles. The first kappa shape index (κ1) is 7.60. The third kappa shape index (κ3) is 1.58. The zero-order valence-electron chi connectivity index (χ0n) is 7.38. The van der Waals surface area contributed by atoms with Crippen LogP contribution in [-0.2, 0) is 4.74 Å². The Balaban J connectivity index is 1.87. The van der Waals surface area contributed by atoms with Gasteiger partial charge >= 0.3 is 0 Å². The first-order valence-electron chi connectivity index (χ1n) is 4.94. The highest BCUT2D eigenvalue weighted by Gasteiger charge is 2.37. The van der Waals surface area contributed by atoms with E-state index in [4.69, 9.17) is 4.74 Å². The van der Waals surface area contributed by atoms with Crippen LogP contribution >= 0.6 is 0 Å². The third-order valence-electron chi connectivity index (χ3n) is 3.22. The van der Waals surface area contributed by atoms with Crippen molar-refractivity contribution in [3.8, 4) is 0 Å². The fourth-order valence-electron chi connectivity index (χ4n) is 2.48. The molecule has 0 aromatic carbocycles. The lowest BCUT2D eigenvalue weighted by atomic mass is 9.97. The molecule has 2 fully saturated rings. The van der Waals surface area contributed by atoms with Crippen LogP contribution in [0.3, 0.4) is 0 Å². The van der Waals surface area contributed by atoms with Crippen LogP contribution in [-0.4, -0.2) is 13.2 Å². The van der Waals surface area contributed by atoms with E-state index in [2.05, 4.69) is 0 Å².